The fourth-order valence-corrected chi connectivity index (χ4v) is 3.76. The quantitative estimate of drug-likeness (QED) is 0.491. The van der Waals surface area contributed by atoms with Crippen LogP contribution in [0.4, 0.5) is 5.69 Å². The van der Waals surface area contributed by atoms with Crippen LogP contribution in [-0.4, -0.2) is 25.1 Å². The minimum atomic E-state index is -0.128. The fourth-order valence-electron chi connectivity index (χ4n) is 3.76. The van der Waals surface area contributed by atoms with Gasteiger partial charge in [0.25, 0.3) is 5.56 Å². The average Bonchev–Trinajstić information content (AvgIpc) is 3.23. The van der Waals surface area contributed by atoms with Gasteiger partial charge in [0.1, 0.15) is 0 Å². The largest absolute Gasteiger partial charge is 0.326 e. The molecule has 2 aromatic heterocycles. The van der Waals surface area contributed by atoms with E-state index in [2.05, 4.69) is 15.5 Å². The molecule has 0 aliphatic heterocycles. The van der Waals surface area contributed by atoms with Crippen molar-refractivity contribution in [2.45, 2.75) is 13.5 Å². The van der Waals surface area contributed by atoms with E-state index < -0.39 is 0 Å². The van der Waals surface area contributed by atoms with Crippen LogP contribution in [0.1, 0.15) is 12.5 Å². The summed E-state index contributed by atoms with van der Waals surface area (Å²) in [6.07, 6.45) is 0. The SMILES string of the molecule is CC(=O)Nc1ccc(-c2nnc3n(Cc4ccccc4)c(=O)c4ccccc4n23)cc1. The lowest BCUT2D eigenvalue weighted by atomic mass is 10.1. The monoisotopic (exact) mass is 409 g/mol. The van der Waals surface area contributed by atoms with Crippen LogP contribution in [0.15, 0.2) is 83.7 Å². The smallest absolute Gasteiger partial charge is 0.263 e. The number of para-hydroxylation sites is 1. The third kappa shape index (κ3) is 3.36. The molecule has 0 spiro atoms. The standard InChI is InChI=1S/C24H19N5O2/c1-16(30)25-19-13-11-18(12-14-19)22-26-27-24-28(15-17-7-3-2-4-8-17)23(31)20-9-5-6-10-21(20)29(22)24/h2-14H,15H2,1H3,(H,25,30). The van der Waals surface area contributed by atoms with Crippen molar-refractivity contribution in [1.82, 2.24) is 19.2 Å². The number of carbonyl (C=O) groups excluding carboxylic acids is 1. The molecular weight excluding hydrogens is 390 g/mol. The first-order chi connectivity index (χ1) is 15.1. The van der Waals surface area contributed by atoms with Crippen molar-refractivity contribution in [2.75, 3.05) is 5.32 Å². The molecule has 152 valence electrons. The first kappa shape index (κ1) is 18.7. The highest BCUT2D eigenvalue weighted by Gasteiger charge is 2.17. The normalized spacial score (nSPS) is 11.1. The zero-order valence-electron chi connectivity index (χ0n) is 16.8. The zero-order valence-corrected chi connectivity index (χ0v) is 16.8. The minimum Gasteiger partial charge on any atom is -0.326 e. The molecule has 31 heavy (non-hydrogen) atoms. The van der Waals surface area contributed by atoms with E-state index in [-0.39, 0.29) is 11.5 Å². The first-order valence-corrected chi connectivity index (χ1v) is 9.90. The molecule has 1 N–H and O–H groups in total. The summed E-state index contributed by atoms with van der Waals surface area (Å²) in [5.41, 5.74) is 3.18. The van der Waals surface area contributed by atoms with Gasteiger partial charge in [0, 0.05) is 18.2 Å². The van der Waals surface area contributed by atoms with Crippen molar-refractivity contribution in [3.63, 3.8) is 0 Å². The number of nitrogens with zero attached hydrogens (tertiary/aromatic N) is 4. The fraction of sp³-hybridized carbons (Fsp3) is 0.0833. The first-order valence-electron chi connectivity index (χ1n) is 9.90. The molecule has 2 heterocycles. The minimum absolute atomic E-state index is 0.105. The summed E-state index contributed by atoms with van der Waals surface area (Å²) in [5.74, 6) is 0.979. The van der Waals surface area contributed by atoms with E-state index >= 15 is 0 Å². The number of aromatic nitrogens is 4. The lowest BCUT2D eigenvalue weighted by molar-refractivity contribution is -0.114. The Morgan fingerprint density at radius 1 is 0.903 bits per heavy atom. The topological polar surface area (TPSA) is 81.3 Å². The summed E-state index contributed by atoms with van der Waals surface area (Å²) in [7, 11) is 0. The van der Waals surface area contributed by atoms with E-state index in [9.17, 15) is 9.59 Å². The molecule has 0 saturated heterocycles. The number of amides is 1. The Bertz CT molecular complexity index is 1470. The molecule has 0 aliphatic rings. The summed E-state index contributed by atoms with van der Waals surface area (Å²) in [6, 6.07) is 24.7. The molecule has 0 aliphatic carbocycles. The van der Waals surface area contributed by atoms with Crippen LogP contribution in [0.2, 0.25) is 0 Å². The number of hydrogen-bond acceptors (Lipinski definition) is 4. The molecule has 0 unspecified atom stereocenters. The lowest BCUT2D eigenvalue weighted by Crippen LogP contribution is -2.24. The summed E-state index contributed by atoms with van der Waals surface area (Å²) in [5, 5.41) is 12.2. The maximum absolute atomic E-state index is 13.3. The summed E-state index contributed by atoms with van der Waals surface area (Å²) in [6.45, 7) is 1.87. The highest BCUT2D eigenvalue weighted by atomic mass is 16.1. The molecule has 1 amide bonds. The van der Waals surface area contributed by atoms with Gasteiger partial charge >= 0.3 is 0 Å². The maximum Gasteiger partial charge on any atom is 0.263 e. The average molecular weight is 409 g/mol. The van der Waals surface area contributed by atoms with Crippen molar-refractivity contribution in [2.24, 2.45) is 0 Å². The molecule has 7 nitrogen and oxygen atoms in total. The van der Waals surface area contributed by atoms with E-state index in [0.717, 1.165) is 16.6 Å². The van der Waals surface area contributed by atoms with E-state index in [0.29, 0.717) is 29.2 Å². The Balaban J connectivity index is 1.73. The van der Waals surface area contributed by atoms with Gasteiger partial charge in [-0.1, -0.05) is 42.5 Å². The van der Waals surface area contributed by atoms with Crippen molar-refractivity contribution < 1.29 is 4.79 Å². The summed E-state index contributed by atoms with van der Waals surface area (Å²) < 4.78 is 3.56. The van der Waals surface area contributed by atoms with Gasteiger partial charge in [-0.2, -0.15) is 0 Å². The number of rotatable bonds is 4. The molecule has 0 saturated carbocycles. The number of benzene rings is 3. The Morgan fingerprint density at radius 3 is 2.35 bits per heavy atom. The maximum atomic E-state index is 13.3. The number of hydrogen-bond donors (Lipinski definition) is 1. The molecule has 3 aromatic carbocycles. The Kier molecular flexibility index (Phi) is 4.55. The van der Waals surface area contributed by atoms with Gasteiger partial charge in [-0.05, 0) is 42.0 Å². The highest BCUT2D eigenvalue weighted by Crippen LogP contribution is 2.24. The number of carbonyl (C=O) groups is 1. The van der Waals surface area contributed by atoms with Crippen LogP contribution in [-0.2, 0) is 11.3 Å². The molecule has 0 bridgehead atoms. The second-order valence-electron chi connectivity index (χ2n) is 7.31. The van der Waals surface area contributed by atoms with Gasteiger partial charge in [0.05, 0.1) is 17.4 Å². The van der Waals surface area contributed by atoms with Crippen LogP contribution in [0.3, 0.4) is 0 Å². The van der Waals surface area contributed by atoms with Gasteiger partial charge < -0.3 is 5.32 Å². The van der Waals surface area contributed by atoms with Gasteiger partial charge in [-0.15, -0.1) is 10.2 Å². The molecule has 0 atom stereocenters. The number of nitrogens with one attached hydrogen (secondary N) is 1. The van der Waals surface area contributed by atoms with Gasteiger partial charge in [-0.3, -0.25) is 18.6 Å². The van der Waals surface area contributed by atoms with Crippen LogP contribution < -0.4 is 10.9 Å². The molecule has 0 fully saturated rings. The highest BCUT2D eigenvalue weighted by molar-refractivity contribution is 5.89. The molecule has 7 heteroatoms. The lowest BCUT2D eigenvalue weighted by Gasteiger charge is -2.12. The van der Waals surface area contributed by atoms with Crippen molar-refractivity contribution >= 4 is 28.3 Å². The second kappa shape index (κ2) is 7.53. The number of fused-ring (bicyclic) bond motifs is 3. The Hall–Kier alpha value is -4.26. The van der Waals surface area contributed by atoms with E-state index in [4.69, 9.17) is 0 Å². The second-order valence-corrected chi connectivity index (χ2v) is 7.31. The molecular formula is C24H19N5O2. The van der Waals surface area contributed by atoms with Crippen LogP contribution >= 0.6 is 0 Å². The van der Waals surface area contributed by atoms with Crippen molar-refractivity contribution in [1.29, 1.82) is 0 Å². The molecule has 0 radical (unpaired) electrons. The summed E-state index contributed by atoms with van der Waals surface area (Å²) >= 11 is 0. The summed E-state index contributed by atoms with van der Waals surface area (Å²) in [4.78, 5) is 24.6. The van der Waals surface area contributed by atoms with Crippen molar-refractivity contribution in [3.05, 3.63) is 94.8 Å². The predicted octanol–water partition coefficient (Wildman–Crippen LogP) is 3.72. The van der Waals surface area contributed by atoms with E-state index in [1.54, 1.807) is 4.57 Å². The third-order valence-electron chi connectivity index (χ3n) is 5.15. The predicted molar refractivity (Wildman–Crippen MR) is 120 cm³/mol. The van der Waals surface area contributed by atoms with Crippen LogP contribution in [0.25, 0.3) is 28.1 Å². The van der Waals surface area contributed by atoms with Crippen molar-refractivity contribution in [3.8, 4) is 11.4 Å². The van der Waals surface area contributed by atoms with Crippen LogP contribution in [0, 0.1) is 0 Å². The zero-order chi connectivity index (χ0) is 21.4. The number of anilines is 1. The Morgan fingerprint density at radius 2 is 1.61 bits per heavy atom. The third-order valence-corrected chi connectivity index (χ3v) is 5.15. The van der Waals surface area contributed by atoms with Gasteiger partial charge in [0.15, 0.2) is 5.82 Å². The molecule has 5 rings (SSSR count). The Labute approximate surface area is 177 Å². The van der Waals surface area contributed by atoms with E-state index in [1.165, 1.54) is 6.92 Å². The van der Waals surface area contributed by atoms with Gasteiger partial charge in [-0.25, -0.2) is 0 Å². The van der Waals surface area contributed by atoms with Gasteiger partial charge in [0.2, 0.25) is 11.7 Å². The van der Waals surface area contributed by atoms with E-state index in [1.807, 2.05) is 83.3 Å². The molecule has 5 aromatic rings. The van der Waals surface area contributed by atoms with Crippen LogP contribution in [0.5, 0.6) is 0 Å².